The zero-order valence-electron chi connectivity index (χ0n) is 8.78. The van der Waals surface area contributed by atoms with Gasteiger partial charge < -0.3 is 10.6 Å². The molecule has 82 valence electrons. The van der Waals surface area contributed by atoms with Crippen molar-refractivity contribution in [3.63, 3.8) is 0 Å². The topological polar surface area (TPSA) is 80.1 Å². The Labute approximate surface area is 87.9 Å². The van der Waals surface area contributed by atoms with Crippen LogP contribution in [0.15, 0.2) is 12.1 Å². The maximum absolute atomic E-state index is 10.6. The van der Waals surface area contributed by atoms with Gasteiger partial charge in [-0.2, -0.15) is 0 Å². The second-order valence-corrected chi connectivity index (χ2v) is 3.03. The van der Waals surface area contributed by atoms with Crippen molar-refractivity contribution in [3.05, 3.63) is 22.2 Å². The van der Waals surface area contributed by atoms with Crippen LogP contribution in [-0.4, -0.2) is 23.5 Å². The number of hydrogen-bond acceptors (Lipinski definition) is 5. The van der Waals surface area contributed by atoms with Crippen molar-refractivity contribution in [2.24, 2.45) is 0 Å². The maximum atomic E-state index is 10.6. The molecule has 0 radical (unpaired) electrons. The molecule has 0 fully saturated rings. The maximum Gasteiger partial charge on any atom is 0.276 e. The van der Waals surface area contributed by atoms with Crippen molar-refractivity contribution in [1.82, 2.24) is 4.98 Å². The van der Waals surface area contributed by atoms with Crippen LogP contribution in [0.3, 0.4) is 0 Å². The van der Waals surface area contributed by atoms with E-state index in [9.17, 15) is 10.1 Å². The van der Waals surface area contributed by atoms with Gasteiger partial charge in [-0.25, -0.2) is 4.98 Å². The predicted octanol–water partition coefficient (Wildman–Crippen LogP) is 1.85. The van der Waals surface area contributed by atoms with E-state index in [1.807, 2.05) is 6.92 Å². The van der Waals surface area contributed by atoms with E-state index in [-0.39, 0.29) is 5.69 Å². The summed E-state index contributed by atoms with van der Waals surface area (Å²) in [7, 11) is 1.68. The number of nitro groups is 1. The lowest BCUT2D eigenvalue weighted by Crippen LogP contribution is -2.04. The van der Waals surface area contributed by atoms with Crippen LogP contribution in [0, 0.1) is 10.1 Å². The third-order valence-electron chi connectivity index (χ3n) is 1.83. The molecule has 0 atom stereocenters. The van der Waals surface area contributed by atoms with Gasteiger partial charge in [-0.3, -0.25) is 10.1 Å². The zero-order chi connectivity index (χ0) is 11.3. The monoisotopic (exact) mass is 210 g/mol. The first-order valence-corrected chi connectivity index (χ1v) is 4.75. The van der Waals surface area contributed by atoms with Crippen LogP contribution in [0.1, 0.15) is 13.3 Å². The molecule has 0 saturated heterocycles. The molecular formula is C9H14N4O2. The Hall–Kier alpha value is -1.85. The highest BCUT2D eigenvalue weighted by Gasteiger charge is 2.09. The SMILES string of the molecule is CCCNc1cc([N+](=O)[O-])cc(NC)n1. The van der Waals surface area contributed by atoms with Gasteiger partial charge in [0.15, 0.2) is 0 Å². The minimum absolute atomic E-state index is 0.0351. The van der Waals surface area contributed by atoms with Crippen molar-refractivity contribution in [3.8, 4) is 0 Å². The number of pyridine rings is 1. The van der Waals surface area contributed by atoms with Gasteiger partial charge in [0.2, 0.25) is 0 Å². The Morgan fingerprint density at radius 1 is 1.47 bits per heavy atom. The van der Waals surface area contributed by atoms with Crippen molar-refractivity contribution in [1.29, 1.82) is 0 Å². The lowest BCUT2D eigenvalue weighted by Gasteiger charge is -2.06. The fourth-order valence-electron chi connectivity index (χ4n) is 1.09. The van der Waals surface area contributed by atoms with E-state index in [1.54, 1.807) is 7.05 Å². The van der Waals surface area contributed by atoms with Crippen LogP contribution in [0.5, 0.6) is 0 Å². The molecule has 0 amide bonds. The summed E-state index contributed by atoms with van der Waals surface area (Å²) in [4.78, 5) is 14.3. The second kappa shape index (κ2) is 5.14. The zero-order valence-corrected chi connectivity index (χ0v) is 8.78. The largest absolute Gasteiger partial charge is 0.373 e. The van der Waals surface area contributed by atoms with E-state index in [1.165, 1.54) is 12.1 Å². The number of hydrogen-bond donors (Lipinski definition) is 2. The molecule has 1 aromatic heterocycles. The van der Waals surface area contributed by atoms with Crippen LogP contribution in [0.2, 0.25) is 0 Å². The van der Waals surface area contributed by atoms with Gasteiger partial charge in [0.1, 0.15) is 11.6 Å². The van der Waals surface area contributed by atoms with Crippen molar-refractivity contribution < 1.29 is 4.92 Å². The molecule has 15 heavy (non-hydrogen) atoms. The third-order valence-corrected chi connectivity index (χ3v) is 1.83. The summed E-state index contributed by atoms with van der Waals surface area (Å²) in [6.45, 7) is 2.76. The van der Waals surface area contributed by atoms with Gasteiger partial charge in [-0.15, -0.1) is 0 Å². The molecule has 0 bridgehead atoms. The first-order valence-electron chi connectivity index (χ1n) is 4.75. The van der Waals surface area contributed by atoms with Crippen molar-refractivity contribution >= 4 is 17.3 Å². The Balaban J connectivity index is 2.95. The number of nitrogens with one attached hydrogen (secondary N) is 2. The summed E-state index contributed by atoms with van der Waals surface area (Å²) in [5.74, 6) is 1.01. The Morgan fingerprint density at radius 3 is 2.67 bits per heavy atom. The number of nitrogens with zero attached hydrogens (tertiary/aromatic N) is 2. The third kappa shape index (κ3) is 3.08. The van der Waals surface area contributed by atoms with E-state index in [4.69, 9.17) is 0 Å². The highest BCUT2D eigenvalue weighted by Crippen LogP contribution is 2.20. The van der Waals surface area contributed by atoms with E-state index in [0.29, 0.717) is 11.6 Å². The van der Waals surface area contributed by atoms with E-state index >= 15 is 0 Å². The van der Waals surface area contributed by atoms with Crippen LogP contribution >= 0.6 is 0 Å². The molecule has 6 heteroatoms. The lowest BCUT2D eigenvalue weighted by atomic mass is 10.3. The molecule has 0 unspecified atom stereocenters. The fourth-order valence-corrected chi connectivity index (χ4v) is 1.09. The van der Waals surface area contributed by atoms with Crippen LogP contribution < -0.4 is 10.6 Å². The van der Waals surface area contributed by atoms with Gasteiger partial charge in [-0.1, -0.05) is 6.92 Å². The van der Waals surface area contributed by atoms with Gasteiger partial charge in [0.05, 0.1) is 17.1 Å². The van der Waals surface area contributed by atoms with Crippen molar-refractivity contribution in [2.45, 2.75) is 13.3 Å². The van der Waals surface area contributed by atoms with Gasteiger partial charge in [0, 0.05) is 13.6 Å². The molecule has 0 aromatic carbocycles. The summed E-state index contributed by atoms with van der Waals surface area (Å²) < 4.78 is 0. The van der Waals surface area contributed by atoms with Crippen molar-refractivity contribution in [2.75, 3.05) is 24.2 Å². The molecule has 6 nitrogen and oxygen atoms in total. The van der Waals surface area contributed by atoms with Gasteiger partial charge in [0.25, 0.3) is 5.69 Å². The summed E-state index contributed by atoms with van der Waals surface area (Å²) in [6, 6.07) is 2.83. The fraction of sp³-hybridized carbons (Fsp3) is 0.444. The molecule has 0 aliphatic carbocycles. The highest BCUT2D eigenvalue weighted by atomic mass is 16.6. The Kier molecular flexibility index (Phi) is 3.84. The molecule has 2 N–H and O–H groups in total. The normalized spacial score (nSPS) is 9.73. The molecule has 0 saturated carbocycles. The number of aromatic nitrogens is 1. The van der Waals surface area contributed by atoms with E-state index in [2.05, 4.69) is 15.6 Å². The van der Waals surface area contributed by atoms with Crippen LogP contribution in [0.25, 0.3) is 0 Å². The predicted molar refractivity (Wildman–Crippen MR) is 59.2 cm³/mol. The van der Waals surface area contributed by atoms with Gasteiger partial charge >= 0.3 is 0 Å². The lowest BCUT2D eigenvalue weighted by molar-refractivity contribution is -0.384. The first kappa shape index (κ1) is 11.2. The average molecular weight is 210 g/mol. The Morgan fingerprint density at radius 2 is 2.13 bits per heavy atom. The molecule has 0 aliphatic rings. The molecule has 0 spiro atoms. The second-order valence-electron chi connectivity index (χ2n) is 3.03. The van der Waals surface area contributed by atoms with Gasteiger partial charge in [-0.05, 0) is 6.42 Å². The van der Waals surface area contributed by atoms with Crippen LogP contribution in [-0.2, 0) is 0 Å². The van der Waals surface area contributed by atoms with Crippen LogP contribution in [0.4, 0.5) is 17.3 Å². The minimum atomic E-state index is -0.431. The molecule has 1 rings (SSSR count). The standard InChI is InChI=1S/C9H14N4O2/c1-3-4-11-9-6-7(13(14)15)5-8(10-2)12-9/h5-6H,3-4H2,1-2H3,(H2,10,11,12). The number of rotatable bonds is 5. The highest BCUT2D eigenvalue weighted by molar-refractivity contribution is 5.54. The smallest absolute Gasteiger partial charge is 0.276 e. The molecular weight excluding hydrogens is 196 g/mol. The number of anilines is 2. The summed E-state index contributed by atoms with van der Waals surface area (Å²) in [6.07, 6.45) is 0.944. The quantitative estimate of drug-likeness (QED) is 0.572. The molecule has 1 heterocycles. The first-order chi connectivity index (χ1) is 7.17. The summed E-state index contributed by atoms with van der Waals surface area (Å²) in [5.41, 5.74) is 0.0351. The summed E-state index contributed by atoms with van der Waals surface area (Å²) in [5, 5.41) is 16.4. The Bertz CT molecular complexity index is 354. The van der Waals surface area contributed by atoms with E-state index < -0.39 is 4.92 Å². The molecule has 1 aromatic rings. The summed E-state index contributed by atoms with van der Waals surface area (Å²) >= 11 is 0. The minimum Gasteiger partial charge on any atom is -0.373 e. The molecule has 0 aliphatic heterocycles. The van der Waals surface area contributed by atoms with E-state index in [0.717, 1.165) is 13.0 Å². The average Bonchev–Trinajstić information content (AvgIpc) is 2.25.